The van der Waals surface area contributed by atoms with Crippen molar-refractivity contribution in [2.45, 2.75) is 13.0 Å². The summed E-state index contributed by atoms with van der Waals surface area (Å²) < 4.78 is 5.11. The van der Waals surface area contributed by atoms with Gasteiger partial charge < -0.3 is 4.43 Å². The molecule has 0 radical (unpaired) electrons. The van der Waals surface area contributed by atoms with Crippen LogP contribution in [0.3, 0.4) is 0 Å². The van der Waals surface area contributed by atoms with Crippen molar-refractivity contribution in [2.75, 3.05) is 0 Å². The highest BCUT2D eigenvalue weighted by molar-refractivity contribution is 6.31. The topological polar surface area (TPSA) is 26.3 Å². The molecule has 1 rings (SSSR count). The second-order valence-electron chi connectivity index (χ2n) is 3.15. The van der Waals surface area contributed by atoms with E-state index in [1.54, 1.807) is 6.92 Å². The van der Waals surface area contributed by atoms with E-state index in [4.69, 9.17) is 4.43 Å². The van der Waals surface area contributed by atoms with Crippen LogP contribution in [0.1, 0.15) is 12.5 Å². The van der Waals surface area contributed by atoms with Crippen LogP contribution in [0.4, 0.5) is 0 Å². The Balaban J connectivity index is 2.29. The van der Waals surface area contributed by atoms with E-state index in [1.165, 1.54) is 5.56 Å². The summed E-state index contributed by atoms with van der Waals surface area (Å²) in [6.45, 7) is 5.19. The molecule has 0 saturated heterocycles. The van der Waals surface area contributed by atoms with Gasteiger partial charge in [0.1, 0.15) is 0 Å². The van der Waals surface area contributed by atoms with Gasteiger partial charge >= 0.3 is 5.97 Å². The maximum absolute atomic E-state index is 11.0. The summed E-state index contributed by atoms with van der Waals surface area (Å²) in [6.07, 6.45) is 0. The molecule has 0 N–H and O–H groups in total. The molecule has 0 amide bonds. The lowest BCUT2D eigenvalue weighted by Crippen LogP contribution is -2.11. The van der Waals surface area contributed by atoms with E-state index in [1.807, 2.05) is 30.3 Å². The molecule has 1 aromatic rings. The van der Waals surface area contributed by atoms with E-state index < -0.39 is 9.76 Å². The average Bonchev–Trinajstić information content (AvgIpc) is 2.19. The van der Waals surface area contributed by atoms with Crippen LogP contribution >= 0.6 is 0 Å². The maximum atomic E-state index is 11.0. The molecule has 0 fully saturated rings. The van der Waals surface area contributed by atoms with Crippen LogP contribution in [0.2, 0.25) is 0 Å². The molecule has 3 heteroatoms. The Morgan fingerprint density at radius 2 is 2.07 bits per heavy atom. The first-order valence-electron chi connectivity index (χ1n) is 4.56. The predicted octanol–water partition coefficient (Wildman–Crippen LogP) is 1.39. The van der Waals surface area contributed by atoms with Crippen molar-refractivity contribution in [1.82, 2.24) is 0 Å². The molecule has 14 heavy (non-hydrogen) atoms. The average molecular weight is 206 g/mol. The van der Waals surface area contributed by atoms with Crippen molar-refractivity contribution in [3.05, 3.63) is 48.0 Å². The number of carbonyl (C=O) groups is 1. The van der Waals surface area contributed by atoms with Gasteiger partial charge in [0, 0.05) is 5.57 Å². The van der Waals surface area contributed by atoms with Crippen LogP contribution < -0.4 is 0 Å². The first kappa shape index (κ1) is 10.7. The van der Waals surface area contributed by atoms with E-state index in [-0.39, 0.29) is 5.97 Å². The minimum Gasteiger partial charge on any atom is -0.521 e. The second-order valence-corrected chi connectivity index (χ2v) is 4.35. The Hall–Kier alpha value is -1.35. The lowest BCUT2D eigenvalue weighted by molar-refractivity contribution is -0.130. The number of rotatable bonds is 4. The molecule has 0 unspecified atom stereocenters. The number of hydrogen-bond acceptors (Lipinski definition) is 2. The van der Waals surface area contributed by atoms with Crippen molar-refractivity contribution in [3.63, 3.8) is 0 Å². The summed E-state index contributed by atoms with van der Waals surface area (Å²) in [5, 5.41) is 0. The Labute approximate surface area is 86.5 Å². The largest absolute Gasteiger partial charge is 0.521 e. The molecule has 0 aliphatic carbocycles. The van der Waals surface area contributed by atoms with Crippen molar-refractivity contribution >= 4 is 15.7 Å². The zero-order valence-electron chi connectivity index (χ0n) is 8.32. The molecule has 0 aliphatic heterocycles. The fourth-order valence-electron chi connectivity index (χ4n) is 1.03. The Bertz CT molecular complexity index is 319. The highest BCUT2D eigenvalue weighted by atomic mass is 28.2. The van der Waals surface area contributed by atoms with E-state index in [0.717, 1.165) is 6.04 Å². The lowest BCUT2D eigenvalue weighted by Gasteiger charge is -2.03. The van der Waals surface area contributed by atoms with Gasteiger partial charge in [-0.15, -0.1) is 0 Å². The molecular weight excluding hydrogens is 192 g/mol. The molecule has 0 spiro atoms. The first-order chi connectivity index (χ1) is 6.70. The quantitative estimate of drug-likeness (QED) is 0.549. The normalized spacial score (nSPS) is 10.4. The van der Waals surface area contributed by atoms with Gasteiger partial charge in [0.2, 0.25) is 9.76 Å². The minimum absolute atomic E-state index is 0.257. The molecule has 0 heterocycles. The van der Waals surface area contributed by atoms with Crippen molar-refractivity contribution in [2.24, 2.45) is 0 Å². The third-order valence-corrected chi connectivity index (χ3v) is 3.06. The maximum Gasteiger partial charge on any atom is 0.319 e. The van der Waals surface area contributed by atoms with Crippen LogP contribution in [0, 0.1) is 0 Å². The monoisotopic (exact) mass is 206 g/mol. The van der Waals surface area contributed by atoms with Gasteiger partial charge in [-0.3, -0.25) is 0 Å². The molecular formula is C11H14O2Si. The fraction of sp³-hybridized carbons (Fsp3) is 0.182. The second kappa shape index (κ2) is 5.39. The van der Waals surface area contributed by atoms with Crippen LogP contribution in [0.25, 0.3) is 0 Å². The first-order valence-corrected chi connectivity index (χ1v) is 6.14. The van der Waals surface area contributed by atoms with Gasteiger partial charge in [-0.1, -0.05) is 36.9 Å². The van der Waals surface area contributed by atoms with Gasteiger partial charge in [-0.05, 0) is 18.5 Å². The van der Waals surface area contributed by atoms with Gasteiger partial charge in [0.25, 0.3) is 0 Å². The van der Waals surface area contributed by atoms with E-state index in [9.17, 15) is 4.79 Å². The van der Waals surface area contributed by atoms with E-state index in [0.29, 0.717) is 5.57 Å². The van der Waals surface area contributed by atoms with Gasteiger partial charge in [-0.2, -0.15) is 0 Å². The predicted molar refractivity (Wildman–Crippen MR) is 59.6 cm³/mol. The number of hydrogen-bond donors (Lipinski definition) is 0. The zero-order chi connectivity index (χ0) is 10.4. The van der Waals surface area contributed by atoms with Crippen LogP contribution in [-0.2, 0) is 15.3 Å². The summed E-state index contributed by atoms with van der Waals surface area (Å²) in [5.41, 5.74) is 1.71. The Morgan fingerprint density at radius 3 is 2.64 bits per heavy atom. The van der Waals surface area contributed by atoms with Crippen molar-refractivity contribution < 1.29 is 9.22 Å². The molecule has 2 nitrogen and oxygen atoms in total. The molecule has 0 aromatic heterocycles. The third kappa shape index (κ3) is 3.58. The smallest absolute Gasteiger partial charge is 0.319 e. The summed E-state index contributed by atoms with van der Waals surface area (Å²) in [4.78, 5) is 11.0. The van der Waals surface area contributed by atoms with Crippen molar-refractivity contribution in [3.8, 4) is 0 Å². The summed E-state index contributed by atoms with van der Waals surface area (Å²) in [5.74, 6) is -0.257. The Kier molecular flexibility index (Phi) is 4.13. The highest BCUT2D eigenvalue weighted by Gasteiger charge is 2.02. The van der Waals surface area contributed by atoms with Crippen LogP contribution in [-0.4, -0.2) is 15.7 Å². The van der Waals surface area contributed by atoms with Crippen molar-refractivity contribution in [1.29, 1.82) is 0 Å². The standard InChI is InChI=1S/C11H14O2Si/c1-9(2)11(12)13-14-8-10-6-4-3-5-7-10/h3-7H,1,8,14H2,2H3. The molecule has 74 valence electrons. The van der Waals surface area contributed by atoms with Crippen LogP contribution in [0.5, 0.6) is 0 Å². The summed E-state index contributed by atoms with van der Waals surface area (Å²) in [6, 6.07) is 10.9. The minimum atomic E-state index is -0.788. The van der Waals surface area contributed by atoms with E-state index >= 15 is 0 Å². The molecule has 0 saturated carbocycles. The van der Waals surface area contributed by atoms with E-state index in [2.05, 4.69) is 6.58 Å². The number of benzene rings is 1. The molecule has 0 aliphatic rings. The van der Waals surface area contributed by atoms with Gasteiger partial charge in [0.15, 0.2) is 0 Å². The zero-order valence-corrected chi connectivity index (χ0v) is 9.74. The van der Waals surface area contributed by atoms with Crippen LogP contribution in [0.15, 0.2) is 42.5 Å². The summed E-state index contributed by atoms with van der Waals surface area (Å²) in [7, 11) is -0.788. The summed E-state index contributed by atoms with van der Waals surface area (Å²) >= 11 is 0. The number of carbonyl (C=O) groups excluding carboxylic acids is 1. The Morgan fingerprint density at radius 1 is 1.43 bits per heavy atom. The molecule has 0 bridgehead atoms. The molecule has 1 aromatic carbocycles. The fourth-order valence-corrected chi connectivity index (χ4v) is 2.13. The lowest BCUT2D eigenvalue weighted by atomic mass is 10.2. The molecule has 0 atom stereocenters. The SMILES string of the molecule is C=C(C)C(=O)O[SiH2]Cc1ccccc1. The van der Waals surface area contributed by atoms with Gasteiger partial charge in [-0.25, -0.2) is 4.79 Å². The van der Waals surface area contributed by atoms with Gasteiger partial charge in [0.05, 0.1) is 0 Å². The highest BCUT2D eigenvalue weighted by Crippen LogP contribution is 1.99. The third-order valence-electron chi connectivity index (χ3n) is 1.82.